The molecule has 0 spiro atoms. The second kappa shape index (κ2) is 5.99. The Kier molecular flexibility index (Phi) is 4.80. The molecule has 100 valence electrons. The topological polar surface area (TPSA) is 28.2 Å². The van der Waals surface area contributed by atoms with Crippen molar-refractivity contribution in [3.8, 4) is 0 Å². The van der Waals surface area contributed by atoms with E-state index in [1.807, 2.05) is 12.3 Å². The largest absolute Gasteiger partial charge is 0.309 e. The molecular weight excluding hydrogens is 358 g/mol. The summed E-state index contributed by atoms with van der Waals surface area (Å²) < 4.78 is 2.05. The van der Waals surface area contributed by atoms with Crippen LogP contribution in [0.5, 0.6) is 0 Å². The van der Waals surface area contributed by atoms with E-state index in [4.69, 9.17) is 0 Å². The van der Waals surface area contributed by atoms with Crippen LogP contribution in [0.15, 0.2) is 21.2 Å². The minimum absolute atomic E-state index is 0.363. The molecule has 0 bridgehead atoms. The average Bonchev–Trinajstić information content (AvgIpc) is 2.24. The molecule has 2 rings (SSSR count). The monoisotopic (exact) mass is 375 g/mol. The summed E-state index contributed by atoms with van der Waals surface area (Å²) in [5.41, 5.74) is 1.42. The van der Waals surface area contributed by atoms with Crippen molar-refractivity contribution in [2.24, 2.45) is 0 Å². The van der Waals surface area contributed by atoms with E-state index in [-0.39, 0.29) is 0 Å². The van der Waals surface area contributed by atoms with Gasteiger partial charge in [0.25, 0.3) is 0 Å². The van der Waals surface area contributed by atoms with Crippen LogP contribution in [0.2, 0.25) is 0 Å². The Morgan fingerprint density at radius 3 is 2.61 bits per heavy atom. The third-order valence-corrected chi connectivity index (χ3v) is 4.98. The molecule has 0 aromatic carbocycles. The maximum absolute atomic E-state index is 4.42. The van der Waals surface area contributed by atoms with Crippen molar-refractivity contribution < 1.29 is 0 Å². The molecule has 1 aromatic rings. The van der Waals surface area contributed by atoms with Gasteiger partial charge in [0.15, 0.2) is 0 Å². The van der Waals surface area contributed by atoms with E-state index in [1.165, 1.54) is 19.3 Å². The lowest BCUT2D eigenvalue weighted by Gasteiger charge is -2.47. The van der Waals surface area contributed by atoms with Gasteiger partial charge >= 0.3 is 0 Å². The van der Waals surface area contributed by atoms with Gasteiger partial charge in [-0.3, -0.25) is 4.98 Å². The summed E-state index contributed by atoms with van der Waals surface area (Å²) in [5.74, 6) is 0. The lowest BCUT2D eigenvalue weighted by atomic mass is 9.75. The van der Waals surface area contributed by atoms with E-state index in [1.54, 1.807) is 0 Å². The molecule has 0 amide bonds. The zero-order chi connectivity index (χ0) is 13.2. The predicted octanol–water partition coefficient (Wildman–Crippen LogP) is 3.18. The fourth-order valence-corrected chi connectivity index (χ4v) is 3.48. The first-order chi connectivity index (χ1) is 8.53. The molecule has 1 aliphatic carbocycles. The first-order valence-corrected chi connectivity index (χ1v) is 7.80. The number of nitrogens with one attached hydrogen (secondary N) is 1. The summed E-state index contributed by atoms with van der Waals surface area (Å²) in [7, 11) is 4.35. The second-order valence-electron chi connectivity index (χ2n) is 5.16. The zero-order valence-corrected chi connectivity index (χ0v) is 14.0. The minimum Gasteiger partial charge on any atom is -0.309 e. The molecule has 1 N–H and O–H groups in total. The van der Waals surface area contributed by atoms with Crippen LogP contribution in [-0.4, -0.2) is 36.1 Å². The van der Waals surface area contributed by atoms with Crippen LogP contribution >= 0.6 is 31.9 Å². The smallest absolute Gasteiger partial charge is 0.0684 e. The molecular formula is C13H19Br2N3. The van der Waals surface area contributed by atoms with Crippen molar-refractivity contribution in [2.45, 2.75) is 31.3 Å². The Balaban J connectivity index is 1.88. The first kappa shape index (κ1) is 14.4. The van der Waals surface area contributed by atoms with Crippen molar-refractivity contribution in [3.63, 3.8) is 0 Å². The van der Waals surface area contributed by atoms with Crippen LogP contribution in [0.4, 0.5) is 0 Å². The molecule has 1 fully saturated rings. The average molecular weight is 377 g/mol. The highest BCUT2D eigenvalue weighted by atomic mass is 79.9. The number of likely N-dealkylation sites (N-methyl/N-ethyl adjacent to an activating group) is 1. The van der Waals surface area contributed by atoms with E-state index in [0.717, 1.165) is 27.7 Å². The Morgan fingerprint density at radius 2 is 2.11 bits per heavy atom. The highest BCUT2D eigenvalue weighted by Gasteiger charge is 2.38. The van der Waals surface area contributed by atoms with E-state index in [0.29, 0.717) is 5.54 Å². The number of aromatic nitrogens is 1. The lowest BCUT2D eigenvalue weighted by molar-refractivity contribution is 0.0597. The second-order valence-corrected chi connectivity index (χ2v) is 6.93. The van der Waals surface area contributed by atoms with Gasteiger partial charge in [0.05, 0.1) is 5.69 Å². The van der Waals surface area contributed by atoms with Crippen LogP contribution < -0.4 is 5.32 Å². The molecule has 1 heterocycles. The van der Waals surface area contributed by atoms with Gasteiger partial charge in [0, 0.05) is 33.8 Å². The van der Waals surface area contributed by atoms with Gasteiger partial charge in [-0.25, -0.2) is 0 Å². The summed E-state index contributed by atoms with van der Waals surface area (Å²) in [6.45, 7) is 1.84. The van der Waals surface area contributed by atoms with Crippen LogP contribution in [0.25, 0.3) is 0 Å². The summed E-state index contributed by atoms with van der Waals surface area (Å²) in [4.78, 5) is 6.77. The number of hydrogen-bond donors (Lipinski definition) is 1. The van der Waals surface area contributed by atoms with Gasteiger partial charge in [-0.1, -0.05) is 0 Å². The van der Waals surface area contributed by atoms with E-state index in [2.05, 4.69) is 61.2 Å². The number of hydrogen-bond acceptors (Lipinski definition) is 3. The molecule has 1 aliphatic rings. The van der Waals surface area contributed by atoms with E-state index < -0.39 is 0 Å². The zero-order valence-electron chi connectivity index (χ0n) is 10.8. The standard InChI is InChI=1S/C13H19Br2N3/c1-18(2)13(4-3-5-13)9-16-8-12-11(15)6-10(14)7-17-12/h6-7,16H,3-5,8-9H2,1-2H3. The van der Waals surface area contributed by atoms with Crippen LogP contribution in [0, 0.1) is 0 Å². The molecule has 0 aliphatic heterocycles. The van der Waals surface area contributed by atoms with Gasteiger partial charge in [-0.2, -0.15) is 0 Å². The SMILES string of the molecule is CN(C)C1(CNCc2ncc(Br)cc2Br)CCC1. The van der Waals surface area contributed by atoms with Gasteiger partial charge < -0.3 is 10.2 Å². The molecule has 3 nitrogen and oxygen atoms in total. The van der Waals surface area contributed by atoms with Crippen molar-refractivity contribution in [1.29, 1.82) is 0 Å². The molecule has 0 radical (unpaired) electrons. The van der Waals surface area contributed by atoms with E-state index in [9.17, 15) is 0 Å². The molecule has 1 saturated carbocycles. The third-order valence-electron chi connectivity index (χ3n) is 3.86. The molecule has 0 unspecified atom stereocenters. The third kappa shape index (κ3) is 3.13. The fraction of sp³-hybridized carbons (Fsp3) is 0.615. The van der Waals surface area contributed by atoms with Gasteiger partial charge in [0.2, 0.25) is 0 Å². The first-order valence-electron chi connectivity index (χ1n) is 6.22. The molecule has 5 heteroatoms. The summed E-state index contributed by atoms with van der Waals surface area (Å²) in [6, 6.07) is 2.04. The lowest BCUT2D eigenvalue weighted by Crippen LogP contribution is -2.56. The van der Waals surface area contributed by atoms with Crippen LogP contribution in [-0.2, 0) is 6.54 Å². The molecule has 0 saturated heterocycles. The number of halogens is 2. The maximum Gasteiger partial charge on any atom is 0.0684 e. The Bertz CT molecular complexity index is 417. The highest BCUT2D eigenvalue weighted by molar-refractivity contribution is 9.11. The minimum atomic E-state index is 0.363. The van der Waals surface area contributed by atoms with E-state index >= 15 is 0 Å². The van der Waals surface area contributed by atoms with Gasteiger partial charge in [-0.15, -0.1) is 0 Å². The van der Waals surface area contributed by atoms with Crippen molar-refractivity contribution in [3.05, 3.63) is 26.9 Å². The van der Waals surface area contributed by atoms with Gasteiger partial charge in [0.1, 0.15) is 0 Å². The maximum atomic E-state index is 4.42. The molecule has 1 aromatic heterocycles. The summed E-state index contributed by atoms with van der Waals surface area (Å²) in [6.07, 6.45) is 5.77. The number of nitrogens with zero attached hydrogens (tertiary/aromatic N) is 2. The van der Waals surface area contributed by atoms with Crippen molar-refractivity contribution in [2.75, 3.05) is 20.6 Å². The highest BCUT2D eigenvalue weighted by Crippen LogP contribution is 2.35. The van der Waals surface area contributed by atoms with Gasteiger partial charge in [-0.05, 0) is 71.3 Å². The summed E-state index contributed by atoms with van der Waals surface area (Å²) >= 11 is 6.96. The molecule has 18 heavy (non-hydrogen) atoms. The van der Waals surface area contributed by atoms with Crippen molar-refractivity contribution in [1.82, 2.24) is 15.2 Å². The fourth-order valence-electron chi connectivity index (χ4n) is 2.35. The Hall–Kier alpha value is 0.0300. The predicted molar refractivity (Wildman–Crippen MR) is 81.6 cm³/mol. The van der Waals surface area contributed by atoms with Crippen LogP contribution in [0.1, 0.15) is 25.0 Å². The quantitative estimate of drug-likeness (QED) is 0.855. The van der Waals surface area contributed by atoms with Crippen molar-refractivity contribution >= 4 is 31.9 Å². The summed E-state index contributed by atoms with van der Waals surface area (Å²) in [5, 5.41) is 3.54. The Labute approximate surface area is 126 Å². The number of rotatable bonds is 5. The Morgan fingerprint density at radius 1 is 1.39 bits per heavy atom. The normalized spacial score (nSPS) is 17.8. The number of pyridine rings is 1. The molecule has 0 atom stereocenters. The van der Waals surface area contributed by atoms with Crippen LogP contribution in [0.3, 0.4) is 0 Å².